The zero-order valence-electron chi connectivity index (χ0n) is 12.9. The van der Waals surface area contributed by atoms with Crippen molar-refractivity contribution < 1.29 is 18.7 Å². The normalized spacial score (nSPS) is 11.4. The summed E-state index contributed by atoms with van der Waals surface area (Å²) in [5.74, 6) is -1.96. The number of nitrogens with one attached hydrogen (secondary N) is 1. The molecule has 0 bridgehead atoms. The van der Waals surface area contributed by atoms with Crippen molar-refractivity contribution in [3.05, 3.63) is 63.1 Å². The fourth-order valence-corrected chi connectivity index (χ4v) is 2.48. The molecule has 2 aromatic carbocycles. The SMILES string of the molecule is Cc1c(Br)cc(F)cc1NC(=O)c1ccc(C(C)(C)O)cc1F. The number of hydrogen-bond acceptors (Lipinski definition) is 2. The summed E-state index contributed by atoms with van der Waals surface area (Å²) >= 11 is 3.20. The summed E-state index contributed by atoms with van der Waals surface area (Å²) < 4.78 is 28.1. The summed E-state index contributed by atoms with van der Waals surface area (Å²) in [6.07, 6.45) is 0. The van der Waals surface area contributed by atoms with Crippen molar-refractivity contribution in [3.8, 4) is 0 Å². The van der Waals surface area contributed by atoms with Crippen LogP contribution in [-0.4, -0.2) is 11.0 Å². The van der Waals surface area contributed by atoms with Gasteiger partial charge in [-0.05, 0) is 56.2 Å². The maximum atomic E-state index is 14.1. The molecule has 0 aliphatic carbocycles. The molecule has 0 saturated carbocycles. The van der Waals surface area contributed by atoms with E-state index in [9.17, 15) is 18.7 Å². The van der Waals surface area contributed by atoms with E-state index in [2.05, 4.69) is 21.2 Å². The Balaban J connectivity index is 2.32. The summed E-state index contributed by atoms with van der Waals surface area (Å²) in [6.45, 7) is 4.75. The number of carbonyl (C=O) groups is 1. The van der Waals surface area contributed by atoms with Gasteiger partial charge in [0.25, 0.3) is 5.91 Å². The van der Waals surface area contributed by atoms with Crippen LogP contribution in [0.1, 0.15) is 35.3 Å². The lowest BCUT2D eigenvalue weighted by molar-refractivity contribution is 0.0780. The highest BCUT2D eigenvalue weighted by molar-refractivity contribution is 9.10. The molecule has 122 valence electrons. The fraction of sp³-hybridized carbons (Fsp3) is 0.235. The second-order valence-electron chi connectivity index (χ2n) is 5.77. The molecule has 0 radical (unpaired) electrons. The molecule has 0 spiro atoms. The van der Waals surface area contributed by atoms with Crippen LogP contribution in [0.25, 0.3) is 0 Å². The minimum atomic E-state index is -1.21. The van der Waals surface area contributed by atoms with Crippen LogP contribution in [0.15, 0.2) is 34.8 Å². The molecule has 23 heavy (non-hydrogen) atoms. The first kappa shape index (κ1) is 17.6. The Morgan fingerprint density at radius 2 is 1.87 bits per heavy atom. The summed E-state index contributed by atoms with van der Waals surface area (Å²) in [5.41, 5.74) is -0.144. The van der Waals surface area contributed by atoms with Crippen molar-refractivity contribution in [2.75, 3.05) is 5.32 Å². The third-order valence-electron chi connectivity index (χ3n) is 3.48. The van der Waals surface area contributed by atoms with E-state index in [1.54, 1.807) is 6.92 Å². The Kier molecular flexibility index (Phi) is 4.87. The topological polar surface area (TPSA) is 49.3 Å². The zero-order valence-corrected chi connectivity index (χ0v) is 14.5. The smallest absolute Gasteiger partial charge is 0.258 e. The lowest BCUT2D eigenvalue weighted by atomic mass is 9.97. The quantitative estimate of drug-likeness (QED) is 0.818. The van der Waals surface area contributed by atoms with Crippen LogP contribution in [0.4, 0.5) is 14.5 Å². The van der Waals surface area contributed by atoms with Gasteiger partial charge in [-0.15, -0.1) is 0 Å². The van der Waals surface area contributed by atoms with Gasteiger partial charge in [0.1, 0.15) is 11.6 Å². The van der Waals surface area contributed by atoms with Crippen molar-refractivity contribution in [3.63, 3.8) is 0 Å². The third-order valence-corrected chi connectivity index (χ3v) is 4.30. The van der Waals surface area contributed by atoms with Gasteiger partial charge in [0, 0.05) is 10.2 Å². The Hall–Kier alpha value is -1.79. The fourth-order valence-electron chi connectivity index (χ4n) is 2.05. The Labute approximate surface area is 141 Å². The standard InChI is InChI=1S/C17H16BrF2NO2/c1-9-13(18)7-11(19)8-15(9)21-16(22)12-5-4-10(6-14(12)20)17(2,3)23/h4-8,23H,1-3H3,(H,21,22). The number of carbonyl (C=O) groups excluding carboxylic acids is 1. The Morgan fingerprint density at radius 3 is 2.43 bits per heavy atom. The predicted octanol–water partition coefficient (Wildman–Crippen LogP) is 4.52. The van der Waals surface area contributed by atoms with E-state index in [0.29, 0.717) is 15.6 Å². The Morgan fingerprint density at radius 1 is 1.22 bits per heavy atom. The molecular weight excluding hydrogens is 368 g/mol. The monoisotopic (exact) mass is 383 g/mol. The largest absolute Gasteiger partial charge is 0.386 e. The number of benzene rings is 2. The molecule has 0 atom stereocenters. The molecule has 0 aromatic heterocycles. The van der Waals surface area contributed by atoms with Crippen LogP contribution in [0.3, 0.4) is 0 Å². The lowest BCUT2D eigenvalue weighted by Gasteiger charge is -2.18. The first-order valence-electron chi connectivity index (χ1n) is 6.89. The van der Waals surface area contributed by atoms with Gasteiger partial charge >= 0.3 is 0 Å². The zero-order chi connectivity index (χ0) is 17.4. The number of amides is 1. The molecule has 6 heteroatoms. The van der Waals surface area contributed by atoms with Gasteiger partial charge < -0.3 is 10.4 Å². The molecule has 0 aliphatic rings. The lowest BCUT2D eigenvalue weighted by Crippen LogP contribution is -2.18. The molecule has 1 amide bonds. The minimum Gasteiger partial charge on any atom is -0.386 e. The van der Waals surface area contributed by atoms with Crippen molar-refractivity contribution >= 4 is 27.5 Å². The summed E-state index contributed by atoms with van der Waals surface area (Å²) in [6, 6.07) is 6.34. The molecule has 3 nitrogen and oxygen atoms in total. The van der Waals surface area contributed by atoms with E-state index in [1.807, 2.05) is 0 Å². The number of aliphatic hydroxyl groups is 1. The molecule has 0 saturated heterocycles. The summed E-state index contributed by atoms with van der Waals surface area (Å²) in [4.78, 5) is 12.2. The van der Waals surface area contributed by atoms with Gasteiger partial charge in [-0.2, -0.15) is 0 Å². The van der Waals surface area contributed by atoms with Gasteiger partial charge in [-0.1, -0.05) is 22.0 Å². The first-order chi connectivity index (χ1) is 10.6. The number of hydrogen-bond donors (Lipinski definition) is 2. The van der Waals surface area contributed by atoms with Crippen molar-refractivity contribution in [1.82, 2.24) is 0 Å². The number of halogens is 3. The summed E-state index contributed by atoms with van der Waals surface area (Å²) in [5, 5.41) is 12.4. The van der Waals surface area contributed by atoms with E-state index in [1.165, 1.54) is 38.1 Å². The van der Waals surface area contributed by atoms with Crippen molar-refractivity contribution in [2.24, 2.45) is 0 Å². The average molecular weight is 384 g/mol. The van der Waals surface area contributed by atoms with Crippen LogP contribution in [-0.2, 0) is 5.60 Å². The van der Waals surface area contributed by atoms with Crippen LogP contribution in [0.2, 0.25) is 0 Å². The van der Waals surface area contributed by atoms with Crippen molar-refractivity contribution in [2.45, 2.75) is 26.4 Å². The van der Waals surface area contributed by atoms with Crippen molar-refractivity contribution in [1.29, 1.82) is 0 Å². The first-order valence-corrected chi connectivity index (χ1v) is 7.68. The van der Waals surface area contributed by atoms with Crippen LogP contribution in [0.5, 0.6) is 0 Å². The molecule has 0 heterocycles. The highest BCUT2D eigenvalue weighted by Crippen LogP contribution is 2.27. The van der Waals surface area contributed by atoms with Crippen LogP contribution >= 0.6 is 15.9 Å². The second kappa shape index (κ2) is 6.37. The van der Waals surface area contributed by atoms with E-state index < -0.39 is 23.1 Å². The molecule has 2 N–H and O–H groups in total. The third kappa shape index (κ3) is 3.95. The molecule has 2 aromatic rings. The van der Waals surface area contributed by atoms with Gasteiger partial charge in [-0.3, -0.25) is 4.79 Å². The number of anilines is 1. The molecule has 0 aliphatic heterocycles. The van der Waals surface area contributed by atoms with Gasteiger partial charge in [0.2, 0.25) is 0 Å². The number of rotatable bonds is 3. The minimum absolute atomic E-state index is 0.183. The van der Waals surface area contributed by atoms with E-state index >= 15 is 0 Å². The maximum absolute atomic E-state index is 14.1. The maximum Gasteiger partial charge on any atom is 0.258 e. The Bertz CT molecular complexity index is 770. The molecule has 2 rings (SSSR count). The highest BCUT2D eigenvalue weighted by Gasteiger charge is 2.20. The van der Waals surface area contributed by atoms with E-state index in [-0.39, 0.29) is 11.3 Å². The second-order valence-corrected chi connectivity index (χ2v) is 6.62. The van der Waals surface area contributed by atoms with E-state index in [4.69, 9.17) is 0 Å². The van der Waals surface area contributed by atoms with Crippen LogP contribution < -0.4 is 5.32 Å². The average Bonchev–Trinajstić information content (AvgIpc) is 2.42. The molecule has 0 unspecified atom stereocenters. The van der Waals surface area contributed by atoms with Gasteiger partial charge in [-0.25, -0.2) is 8.78 Å². The molecular formula is C17H16BrF2NO2. The van der Waals surface area contributed by atoms with E-state index in [0.717, 1.165) is 6.07 Å². The highest BCUT2D eigenvalue weighted by atomic mass is 79.9. The predicted molar refractivity (Wildman–Crippen MR) is 88.4 cm³/mol. The summed E-state index contributed by atoms with van der Waals surface area (Å²) in [7, 11) is 0. The van der Waals surface area contributed by atoms with Gasteiger partial charge in [0.05, 0.1) is 11.2 Å². The van der Waals surface area contributed by atoms with Gasteiger partial charge in [0.15, 0.2) is 0 Å². The molecule has 0 fully saturated rings. The van der Waals surface area contributed by atoms with Crippen LogP contribution in [0, 0.1) is 18.6 Å².